The van der Waals surface area contributed by atoms with Gasteiger partial charge in [0, 0.05) is 6.08 Å². The van der Waals surface area contributed by atoms with Crippen LogP contribution < -0.4 is 0 Å². The van der Waals surface area contributed by atoms with Gasteiger partial charge in [0.15, 0.2) is 12.4 Å². The van der Waals surface area contributed by atoms with Crippen molar-refractivity contribution in [2.45, 2.75) is 12.4 Å². The van der Waals surface area contributed by atoms with Crippen molar-refractivity contribution in [2.75, 3.05) is 18.3 Å². The van der Waals surface area contributed by atoms with Crippen molar-refractivity contribution < 1.29 is 43.8 Å². The fourth-order valence-electron chi connectivity index (χ4n) is 1.07. The largest absolute Gasteiger partial charge is 0.366 e. The average molecular weight is 324 g/mol. The van der Waals surface area contributed by atoms with Crippen LogP contribution >= 0.6 is 0 Å². The molecule has 1 fully saturated rings. The van der Waals surface area contributed by atoms with Gasteiger partial charge in [-0.2, -0.15) is 25.6 Å². The van der Waals surface area contributed by atoms with Crippen LogP contribution in [0.25, 0.3) is 0 Å². The highest BCUT2D eigenvalue weighted by Gasteiger charge is 2.36. The van der Waals surface area contributed by atoms with Crippen LogP contribution in [0.3, 0.4) is 0 Å². The van der Waals surface area contributed by atoms with Crippen LogP contribution in [-0.2, 0) is 33.3 Å². The zero-order chi connectivity index (χ0) is 14.7. The third kappa shape index (κ3) is 5.88. The molecule has 19 heavy (non-hydrogen) atoms. The number of hydrogen-bond acceptors (Lipinski definition) is 8. The molecule has 1 aliphatic heterocycles. The zero-order valence-electron chi connectivity index (χ0n) is 9.23. The van der Waals surface area contributed by atoms with Crippen molar-refractivity contribution in [3.8, 4) is 0 Å². The summed E-state index contributed by atoms with van der Waals surface area (Å²) in [6, 6.07) is 0. The molecule has 1 aliphatic rings. The van der Waals surface area contributed by atoms with Crippen molar-refractivity contribution in [2.24, 2.45) is 0 Å². The van der Waals surface area contributed by atoms with Crippen LogP contribution in [0.15, 0.2) is 12.2 Å². The molecule has 12 heteroatoms. The predicted octanol–water partition coefficient (Wildman–Crippen LogP) is -0.866. The molecule has 0 aromatic carbocycles. The Morgan fingerprint density at radius 2 is 2.00 bits per heavy atom. The van der Waals surface area contributed by atoms with Gasteiger partial charge in [0.25, 0.3) is 26.3 Å². The van der Waals surface area contributed by atoms with Crippen LogP contribution in [-0.4, -0.2) is 52.6 Å². The third-order valence-corrected chi connectivity index (χ3v) is 5.14. The number of aliphatic hydroxyl groups excluding tert-OH is 1. The predicted molar refractivity (Wildman–Crippen MR) is 55.8 cm³/mol. The Kier molecular flexibility index (Phi) is 5.34. The number of halogens is 2. The van der Waals surface area contributed by atoms with Crippen molar-refractivity contribution in [3.63, 3.8) is 0 Å². The van der Waals surface area contributed by atoms with Gasteiger partial charge < -0.3 is 9.84 Å². The third-order valence-electron chi connectivity index (χ3n) is 1.79. The minimum Gasteiger partial charge on any atom is -0.366 e. The van der Waals surface area contributed by atoms with Gasteiger partial charge in [-0.1, -0.05) is 0 Å². The molecule has 112 valence electrons. The highest BCUT2D eigenvalue weighted by molar-refractivity contribution is 8.03. The summed E-state index contributed by atoms with van der Waals surface area (Å²) in [5.74, 6) is 0. The molecule has 0 bridgehead atoms. The van der Waals surface area contributed by atoms with Gasteiger partial charge in [-0.15, -0.1) is 0 Å². The average Bonchev–Trinajstić information content (AvgIpc) is 2.32. The molecule has 1 N–H and O–H groups in total. The molecule has 2 atom stereocenters. The summed E-state index contributed by atoms with van der Waals surface area (Å²) in [5, 5.41) is 7.95. The molecule has 1 rings (SSSR count). The molecule has 0 saturated carbocycles. The van der Waals surface area contributed by atoms with Gasteiger partial charge in [-0.3, -0.25) is 8.37 Å². The molecular weight excluding hydrogens is 314 g/mol. The Balaban J connectivity index is 2.70. The molecular formula is C7H10F2O8S2. The lowest BCUT2D eigenvalue weighted by Gasteiger charge is -2.18. The van der Waals surface area contributed by atoms with Gasteiger partial charge in [0.05, 0.1) is 13.2 Å². The normalized spacial score (nSPS) is 27.2. The van der Waals surface area contributed by atoms with E-state index in [9.17, 15) is 30.7 Å². The molecule has 1 saturated heterocycles. The zero-order valence-corrected chi connectivity index (χ0v) is 10.9. The summed E-state index contributed by atoms with van der Waals surface area (Å²) < 4.78 is 80.9. The van der Waals surface area contributed by atoms with Gasteiger partial charge in [-0.25, -0.2) is 0 Å². The molecule has 0 amide bonds. The highest BCUT2D eigenvalue weighted by atomic mass is 32.3. The molecule has 8 nitrogen and oxygen atoms in total. The summed E-state index contributed by atoms with van der Waals surface area (Å²) >= 11 is 0. The Bertz CT molecular complexity index is 535. The second-order valence-electron chi connectivity index (χ2n) is 3.37. The van der Waals surface area contributed by atoms with Crippen molar-refractivity contribution in [3.05, 3.63) is 12.2 Å². The van der Waals surface area contributed by atoms with Crippen molar-refractivity contribution in [1.29, 1.82) is 0 Å². The minimum atomic E-state index is -4.48. The van der Waals surface area contributed by atoms with E-state index >= 15 is 0 Å². The Morgan fingerprint density at radius 3 is 2.58 bits per heavy atom. The SMILES string of the molecule is O=S1(=O)CS(=O)(=O)OC(C(O)OCC=C(F)F)CO1. The second kappa shape index (κ2) is 6.19. The maximum absolute atomic E-state index is 11.7. The molecule has 1 heterocycles. The first kappa shape index (κ1) is 16.4. The summed E-state index contributed by atoms with van der Waals surface area (Å²) in [5.41, 5.74) is 0. The van der Waals surface area contributed by atoms with Crippen LogP contribution in [0.4, 0.5) is 8.78 Å². The molecule has 0 radical (unpaired) electrons. The quantitative estimate of drug-likeness (QED) is 0.524. The van der Waals surface area contributed by atoms with E-state index in [1.807, 2.05) is 0 Å². The van der Waals surface area contributed by atoms with Gasteiger partial charge in [0.1, 0.15) is 0 Å². The van der Waals surface area contributed by atoms with Gasteiger partial charge in [-0.05, 0) is 0 Å². The van der Waals surface area contributed by atoms with Crippen LogP contribution in [0, 0.1) is 0 Å². The Labute approximate surface area is 107 Å². The van der Waals surface area contributed by atoms with Crippen LogP contribution in [0.5, 0.6) is 0 Å². The van der Waals surface area contributed by atoms with E-state index in [4.69, 9.17) is 0 Å². The van der Waals surface area contributed by atoms with Crippen molar-refractivity contribution in [1.82, 2.24) is 0 Å². The molecule has 2 unspecified atom stereocenters. The van der Waals surface area contributed by atoms with E-state index in [2.05, 4.69) is 13.1 Å². The van der Waals surface area contributed by atoms with Crippen LogP contribution in [0.2, 0.25) is 0 Å². The molecule has 0 aliphatic carbocycles. The summed E-state index contributed by atoms with van der Waals surface area (Å²) in [6.45, 7) is -1.53. The monoisotopic (exact) mass is 324 g/mol. The topological polar surface area (TPSA) is 116 Å². The lowest BCUT2D eigenvalue weighted by Crippen LogP contribution is -2.35. The van der Waals surface area contributed by atoms with E-state index in [-0.39, 0.29) is 0 Å². The van der Waals surface area contributed by atoms with E-state index in [0.717, 1.165) is 0 Å². The summed E-state index contributed by atoms with van der Waals surface area (Å²) in [6.07, 6.45) is -5.34. The van der Waals surface area contributed by atoms with Crippen LogP contribution in [0.1, 0.15) is 0 Å². The molecule has 0 spiro atoms. The number of hydrogen-bond donors (Lipinski definition) is 1. The Hall–Kier alpha value is -0.660. The van der Waals surface area contributed by atoms with E-state index < -0.39 is 57.0 Å². The number of aliphatic hydroxyl groups is 1. The smallest absolute Gasteiger partial charge is 0.284 e. The summed E-state index contributed by atoms with van der Waals surface area (Å²) in [4.78, 5) is 0. The standard InChI is InChI=1S/C7H10F2O8S2/c8-6(9)1-2-15-7(10)5-3-16-18(11,12)4-19(13,14)17-5/h1,5,7,10H,2-4H2. The fourth-order valence-corrected chi connectivity index (χ4v) is 3.85. The van der Waals surface area contributed by atoms with E-state index in [1.54, 1.807) is 0 Å². The van der Waals surface area contributed by atoms with Gasteiger partial charge >= 0.3 is 0 Å². The maximum atomic E-state index is 11.7. The van der Waals surface area contributed by atoms with Gasteiger partial charge in [0.2, 0.25) is 5.08 Å². The first-order chi connectivity index (χ1) is 8.61. The second-order valence-corrected chi connectivity index (χ2v) is 6.97. The minimum absolute atomic E-state index is 0.325. The first-order valence-electron chi connectivity index (χ1n) is 4.70. The fraction of sp³-hybridized carbons (Fsp3) is 0.714. The van der Waals surface area contributed by atoms with Crippen molar-refractivity contribution >= 4 is 20.2 Å². The maximum Gasteiger partial charge on any atom is 0.284 e. The van der Waals surface area contributed by atoms with E-state index in [0.29, 0.717) is 6.08 Å². The number of rotatable bonds is 4. The summed E-state index contributed by atoms with van der Waals surface area (Å²) in [7, 11) is -8.82. The molecule has 0 aromatic heterocycles. The lowest BCUT2D eigenvalue weighted by atomic mass is 10.4. The number of ether oxygens (including phenoxy) is 1. The van der Waals surface area contributed by atoms with E-state index in [1.165, 1.54) is 0 Å². The lowest BCUT2D eigenvalue weighted by molar-refractivity contribution is -0.151. The first-order valence-corrected chi connectivity index (χ1v) is 7.86. The highest BCUT2D eigenvalue weighted by Crippen LogP contribution is 2.16. The Morgan fingerprint density at radius 1 is 1.37 bits per heavy atom. The molecule has 0 aromatic rings.